The molecule has 1 saturated heterocycles. The first-order valence-corrected chi connectivity index (χ1v) is 3.47. The van der Waals surface area contributed by atoms with E-state index in [1.54, 1.807) is 0 Å². The molecule has 54 valence electrons. The highest BCUT2D eigenvalue weighted by atomic mass is 16.6. The lowest BCUT2D eigenvalue weighted by atomic mass is 10.1. The predicted octanol–water partition coefficient (Wildman–Crippen LogP) is 0.281. The minimum Gasteiger partial charge on any atom is -0.462 e. The second-order valence-electron chi connectivity index (χ2n) is 2.94. The monoisotopic (exact) mass is 140 g/mol. The third-order valence-electron chi connectivity index (χ3n) is 2.16. The number of carbonyl (C=O) groups is 2. The number of hydrogen-bond donors (Lipinski definition) is 0. The van der Waals surface area contributed by atoms with Gasteiger partial charge < -0.3 is 4.74 Å². The van der Waals surface area contributed by atoms with Crippen molar-refractivity contribution in [2.45, 2.75) is 25.4 Å². The Balaban J connectivity index is 2.12. The Morgan fingerprint density at radius 2 is 2.00 bits per heavy atom. The van der Waals surface area contributed by atoms with Crippen LogP contribution in [0, 0.1) is 5.92 Å². The average molecular weight is 140 g/mol. The first-order valence-electron chi connectivity index (χ1n) is 3.47. The van der Waals surface area contributed by atoms with Crippen molar-refractivity contribution < 1.29 is 14.3 Å². The van der Waals surface area contributed by atoms with E-state index in [0.717, 1.165) is 0 Å². The van der Waals surface area contributed by atoms with E-state index >= 15 is 0 Å². The molecular formula is C7H8O3. The molecule has 1 aliphatic carbocycles. The number of rotatable bonds is 0. The third kappa shape index (κ3) is 0.735. The number of carbonyl (C=O) groups excluding carboxylic acids is 2. The molecule has 1 heterocycles. The summed E-state index contributed by atoms with van der Waals surface area (Å²) in [6.45, 7) is 0. The summed E-state index contributed by atoms with van der Waals surface area (Å²) < 4.78 is 4.90. The summed E-state index contributed by atoms with van der Waals surface area (Å²) in [4.78, 5) is 21.4. The number of fused-ring (bicyclic) bond motifs is 1. The van der Waals surface area contributed by atoms with Crippen LogP contribution >= 0.6 is 0 Å². The van der Waals surface area contributed by atoms with Crippen molar-refractivity contribution in [3.63, 3.8) is 0 Å². The Labute approximate surface area is 58.4 Å². The Kier molecular flexibility index (Phi) is 1.07. The van der Waals surface area contributed by atoms with Gasteiger partial charge in [0.25, 0.3) is 0 Å². The van der Waals surface area contributed by atoms with Gasteiger partial charge >= 0.3 is 5.97 Å². The van der Waals surface area contributed by atoms with Gasteiger partial charge in [0.1, 0.15) is 11.9 Å². The molecule has 0 bridgehead atoms. The summed E-state index contributed by atoms with van der Waals surface area (Å²) in [6, 6.07) is 0. The van der Waals surface area contributed by atoms with Crippen molar-refractivity contribution in [1.29, 1.82) is 0 Å². The molecular weight excluding hydrogens is 132 g/mol. The molecule has 3 heteroatoms. The quantitative estimate of drug-likeness (QED) is 0.454. The fourth-order valence-corrected chi connectivity index (χ4v) is 1.67. The fourth-order valence-electron chi connectivity index (χ4n) is 1.67. The van der Waals surface area contributed by atoms with Crippen molar-refractivity contribution in [1.82, 2.24) is 0 Å². The lowest BCUT2D eigenvalue weighted by Crippen LogP contribution is -2.07. The summed E-state index contributed by atoms with van der Waals surface area (Å²) in [5, 5.41) is 0. The fraction of sp³-hybridized carbons (Fsp3) is 0.714. The van der Waals surface area contributed by atoms with Crippen molar-refractivity contribution in [3.8, 4) is 0 Å². The summed E-state index contributed by atoms with van der Waals surface area (Å²) in [5.74, 6) is 0.310. The van der Waals surface area contributed by atoms with Gasteiger partial charge in [-0.05, 0) is 0 Å². The van der Waals surface area contributed by atoms with Crippen LogP contribution in [0.2, 0.25) is 0 Å². The van der Waals surface area contributed by atoms with Gasteiger partial charge in [0.2, 0.25) is 0 Å². The van der Waals surface area contributed by atoms with Gasteiger partial charge in [-0.15, -0.1) is 0 Å². The second-order valence-corrected chi connectivity index (χ2v) is 2.94. The molecule has 2 unspecified atom stereocenters. The van der Waals surface area contributed by atoms with Gasteiger partial charge in [0, 0.05) is 18.8 Å². The van der Waals surface area contributed by atoms with E-state index < -0.39 is 0 Å². The zero-order valence-corrected chi connectivity index (χ0v) is 5.50. The predicted molar refractivity (Wildman–Crippen MR) is 32.2 cm³/mol. The summed E-state index contributed by atoms with van der Waals surface area (Å²) in [7, 11) is 0. The van der Waals surface area contributed by atoms with Crippen LogP contribution < -0.4 is 0 Å². The lowest BCUT2D eigenvalue weighted by Gasteiger charge is -2.02. The molecule has 0 aromatic carbocycles. The molecule has 0 radical (unpaired) electrons. The van der Waals surface area contributed by atoms with E-state index in [4.69, 9.17) is 4.74 Å². The van der Waals surface area contributed by atoms with Crippen molar-refractivity contribution in [3.05, 3.63) is 0 Å². The Morgan fingerprint density at radius 1 is 1.20 bits per heavy atom. The molecule has 0 aromatic heterocycles. The second kappa shape index (κ2) is 1.81. The molecule has 2 fully saturated rings. The molecule has 10 heavy (non-hydrogen) atoms. The molecule has 1 saturated carbocycles. The van der Waals surface area contributed by atoms with E-state index in [1.807, 2.05) is 0 Å². The normalized spacial score (nSPS) is 38.0. The van der Waals surface area contributed by atoms with E-state index in [9.17, 15) is 9.59 Å². The first kappa shape index (κ1) is 5.89. The zero-order valence-electron chi connectivity index (χ0n) is 5.50. The van der Waals surface area contributed by atoms with E-state index in [0.29, 0.717) is 19.3 Å². The van der Waals surface area contributed by atoms with E-state index in [1.165, 1.54) is 0 Å². The lowest BCUT2D eigenvalue weighted by molar-refractivity contribution is -0.141. The number of Topliss-reactive ketones (excluding diaryl/α,β-unsaturated/α-hetero) is 1. The van der Waals surface area contributed by atoms with Crippen LogP contribution in [0.5, 0.6) is 0 Å². The van der Waals surface area contributed by atoms with Crippen molar-refractivity contribution in [2.75, 3.05) is 0 Å². The van der Waals surface area contributed by atoms with Gasteiger partial charge in [-0.3, -0.25) is 9.59 Å². The van der Waals surface area contributed by atoms with E-state index in [2.05, 4.69) is 0 Å². The van der Waals surface area contributed by atoms with Gasteiger partial charge in [0.15, 0.2) is 0 Å². The number of ether oxygens (including phenoxy) is 1. The maximum Gasteiger partial charge on any atom is 0.306 e. The summed E-state index contributed by atoms with van der Waals surface area (Å²) in [6.07, 6.45) is 1.39. The van der Waals surface area contributed by atoms with Crippen LogP contribution in [0.4, 0.5) is 0 Å². The van der Waals surface area contributed by atoms with Crippen molar-refractivity contribution >= 4 is 11.8 Å². The number of esters is 1. The van der Waals surface area contributed by atoms with Crippen LogP contribution in [-0.2, 0) is 14.3 Å². The molecule has 2 aliphatic rings. The number of hydrogen-bond acceptors (Lipinski definition) is 3. The molecule has 1 aliphatic heterocycles. The highest BCUT2D eigenvalue weighted by Gasteiger charge is 2.42. The number of ketones is 1. The summed E-state index contributed by atoms with van der Waals surface area (Å²) in [5.41, 5.74) is 0. The first-order chi connectivity index (χ1) is 4.75. The topological polar surface area (TPSA) is 43.4 Å². The highest BCUT2D eigenvalue weighted by Crippen LogP contribution is 2.33. The molecule has 3 nitrogen and oxygen atoms in total. The Bertz CT molecular complexity index is 159. The molecule has 2 atom stereocenters. The average Bonchev–Trinajstić information content (AvgIpc) is 2.21. The van der Waals surface area contributed by atoms with Gasteiger partial charge in [0.05, 0.1) is 6.42 Å². The van der Waals surface area contributed by atoms with Crippen LogP contribution in [0.25, 0.3) is 0 Å². The van der Waals surface area contributed by atoms with Gasteiger partial charge in [-0.1, -0.05) is 0 Å². The molecule has 0 amide bonds. The molecule has 0 spiro atoms. The minimum absolute atomic E-state index is 0.0694. The smallest absolute Gasteiger partial charge is 0.306 e. The van der Waals surface area contributed by atoms with Crippen LogP contribution in [0.1, 0.15) is 19.3 Å². The molecule has 0 aromatic rings. The van der Waals surface area contributed by atoms with E-state index in [-0.39, 0.29) is 23.8 Å². The maximum absolute atomic E-state index is 10.8. The van der Waals surface area contributed by atoms with Crippen LogP contribution in [0.3, 0.4) is 0 Å². The van der Waals surface area contributed by atoms with Gasteiger partial charge in [-0.25, -0.2) is 0 Å². The Hall–Kier alpha value is -0.860. The molecule has 2 rings (SSSR count). The largest absolute Gasteiger partial charge is 0.462 e. The third-order valence-corrected chi connectivity index (χ3v) is 2.16. The van der Waals surface area contributed by atoms with Crippen molar-refractivity contribution in [2.24, 2.45) is 5.92 Å². The SMILES string of the molecule is O=C1CC2CC(=O)OC2C1. The zero-order chi connectivity index (χ0) is 7.14. The standard InChI is InChI=1S/C7H8O3/c8-5-1-4-2-7(9)10-6(4)3-5/h4,6H,1-3H2. The summed E-state index contributed by atoms with van der Waals surface area (Å²) >= 11 is 0. The highest BCUT2D eigenvalue weighted by molar-refractivity contribution is 5.85. The maximum atomic E-state index is 10.8. The van der Waals surface area contributed by atoms with Crippen LogP contribution in [-0.4, -0.2) is 17.9 Å². The van der Waals surface area contributed by atoms with Crippen LogP contribution in [0.15, 0.2) is 0 Å². The minimum atomic E-state index is -0.137. The van der Waals surface area contributed by atoms with Gasteiger partial charge in [-0.2, -0.15) is 0 Å². The Morgan fingerprint density at radius 3 is 2.70 bits per heavy atom. The molecule has 0 N–H and O–H groups in total.